The Balaban J connectivity index is 2.24. The van der Waals surface area contributed by atoms with Gasteiger partial charge in [0.15, 0.2) is 0 Å². The third kappa shape index (κ3) is 2.75. The van der Waals surface area contributed by atoms with Crippen molar-refractivity contribution in [1.82, 2.24) is 4.98 Å². The van der Waals surface area contributed by atoms with Crippen molar-refractivity contribution < 1.29 is 9.47 Å². The molecule has 2 rings (SSSR count). The summed E-state index contributed by atoms with van der Waals surface area (Å²) in [7, 11) is 1.65. The molecule has 0 unspecified atom stereocenters. The zero-order valence-electron chi connectivity index (χ0n) is 10.2. The molecular formula is C14H15NO2. The lowest BCUT2D eigenvalue weighted by Crippen LogP contribution is -1.91. The Morgan fingerprint density at radius 3 is 2.59 bits per heavy atom. The van der Waals surface area contributed by atoms with Crippen LogP contribution in [-0.2, 0) is 0 Å². The summed E-state index contributed by atoms with van der Waals surface area (Å²) in [6.45, 7) is 4.00. The first-order valence-corrected chi connectivity index (χ1v) is 5.44. The van der Waals surface area contributed by atoms with Crippen LogP contribution in [0, 0.1) is 13.8 Å². The molecule has 1 heterocycles. The predicted octanol–water partition coefficient (Wildman–Crippen LogP) is 3.50. The minimum Gasteiger partial charge on any atom is -0.496 e. The van der Waals surface area contributed by atoms with E-state index in [2.05, 4.69) is 4.98 Å². The van der Waals surface area contributed by atoms with Gasteiger partial charge in [-0.05, 0) is 37.1 Å². The third-order valence-corrected chi connectivity index (χ3v) is 2.49. The van der Waals surface area contributed by atoms with Crippen molar-refractivity contribution in [1.29, 1.82) is 0 Å². The fourth-order valence-electron chi connectivity index (χ4n) is 1.55. The fourth-order valence-corrected chi connectivity index (χ4v) is 1.55. The van der Waals surface area contributed by atoms with Gasteiger partial charge in [0, 0.05) is 18.3 Å². The molecule has 0 atom stereocenters. The molecular weight excluding hydrogens is 214 g/mol. The molecule has 0 saturated carbocycles. The highest BCUT2D eigenvalue weighted by atomic mass is 16.5. The highest BCUT2D eigenvalue weighted by Crippen LogP contribution is 2.27. The first-order chi connectivity index (χ1) is 8.19. The van der Waals surface area contributed by atoms with Gasteiger partial charge in [0.1, 0.15) is 11.5 Å². The van der Waals surface area contributed by atoms with Gasteiger partial charge in [-0.15, -0.1) is 0 Å². The first-order valence-electron chi connectivity index (χ1n) is 5.44. The molecule has 0 fully saturated rings. The standard InChI is InChI=1S/C14H15NO2/c1-10-6-7-15-14(8-10)17-12-5-4-11(2)13(9-12)16-3/h4-9H,1-3H3. The Kier molecular flexibility index (Phi) is 3.28. The lowest BCUT2D eigenvalue weighted by atomic mass is 10.2. The summed E-state index contributed by atoms with van der Waals surface area (Å²) < 4.78 is 10.9. The molecule has 0 amide bonds. The Hall–Kier alpha value is -2.03. The minimum absolute atomic E-state index is 0.593. The Labute approximate surface area is 101 Å². The second-order valence-corrected chi connectivity index (χ2v) is 3.90. The molecule has 0 saturated heterocycles. The zero-order valence-corrected chi connectivity index (χ0v) is 10.2. The lowest BCUT2D eigenvalue weighted by Gasteiger charge is -2.08. The molecule has 3 heteroatoms. The van der Waals surface area contributed by atoms with Crippen LogP contribution in [-0.4, -0.2) is 12.1 Å². The van der Waals surface area contributed by atoms with Crippen LogP contribution in [0.1, 0.15) is 11.1 Å². The minimum atomic E-state index is 0.593. The van der Waals surface area contributed by atoms with Gasteiger partial charge in [-0.3, -0.25) is 0 Å². The van der Waals surface area contributed by atoms with Gasteiger partial charge >= 0.3 is 0 Å². The van der Waals surface area contributed by atoms with Gasteiger partial charge in [0.05, 0.1) is 7.11 Å². The second-order valence-electron chi connectivity index (χ2n) is 3.90. The topological polar surface area (TPSA) is 31.4 Å². The molecule has 0 N–H and O–H groups in total. The Bertz CT molecular complexity index is 523. The quantitative estimate of drug-likeness (QED) is 0.807. The van der Waals surface area contributed by atoms with E-state index >= 15 is 0 Å². The molecule has 17 heavy (non-hydrogen) atoms. The number of rotatable bonds is 3. The smallest absolute Gasteiger partial charge is 0.219 e. The van der Waals surface area contributed by atoms with Gasteiger partial charge in [0.25, 0.3) is 0 Å². The number of benzene rings is 1. The average Bonchev–Trinajstić information content (AvgIpc) is 2.32. The molecule has 0 aliphatic heterocycles. The summed E-state index contributed by atoms with van der Waals surface area (Å²) in [5, 5.41) is 0. The molecule has 2 aromatic rings. The number of aryl methyl sites for hydroxylation is 2. The van der Waals surface area contributed by atoms with Gasteiger partial charge in [-0.2, -0.15) is 0 Å². The van der Waals surface area contributed by atoms with Crippen molar-refractivity contribution in [3.8, 4) is 17.4 Å². The molecule has 0 aliphatic carbocycles. The van der Waals surface area contributed by atoms with E-state index in [9.17, 15) is 0 Å². The van der Waals surface area contributed by atoms with Crippen LogP contribution in [0.4, 0.5) is 0 Å². The summed E-state index contributed by atoms with van der Waals surface area (Å²) in [4.78, 5) is 4.15. The Morgan fingerprint density at radius 1 is 1.06 bits per heavy atom. The van der Waals surface area contributed by atoms with Crippen molar-refractivity contribution in [2.75, 3.05) is 7.11 Å². The molecule has 0 spiro atoms. The summed E-state index contributed by atoms with van der Waals surface area (Å²) in [5.74, 6) is 2.14. The van der Waals surface area contributed by atoms with Crippen molar-refractivity contribution in [3.63, 3.8) is 0 Å². The summed E-state index contributed by atoms with van der Waals surface area (Å²) in [6, 6.07) is 9.56. The van der Waals surface area contributed by atoms with Crippen LogP contribution in [0.5, 0.6) is 17.4 Å². The number of aromatic nitrogens is 1. The average molecular weight is 229 g/mol. The van der Waals surface area contributed by atoms with Gasteiger partial charge in [0.2, 0.25) is 5.88 Å². The third-order valence-electron chi connectivity index (χ3n) is 2.49. The zero-order chi connectivity index (χ0) is 12.3. The van der Waals surface area contributed by atoms with E-state index in [-0.39, 0.29) is 0 Å². The van der Waals surface area contributed by atoms with Crippen LogP contribution in [0.25, 0.3) is 0 Å². The number of methoxy groups -OCH3 is 1. The maximum absolute atomic E-state index is 5.67. The highest BCUT2D eigenvalue weighted by Gasteiger charge is 2.03. The summed E-state index contributed by atoms with van der Waals surface area (Å²) in [6.07, 6.45) is 1.73. The predicted molar refractivity (Wildman–Crippen MR) is 66.8 cm³/mol. The van der Waals surface area contributed by atoms with Crippen LogP contribution >= 0.6 is 0 Å². The molecule has 0 radical (unpaired) electrons. The van der Waals surface area contributed by atoms with E-state index in [1.54, 1.807) is 13.3 Å². The Morgan fingerprint density at radius 2 is 1.88 bits per heavy atom. The largest absolute Gasteiger partial charge is 0.496 e. The van der Waals surface area contributed by atoms with Gasteiger partial charge in [-0.25, -0.2) is 4.98 Å². The van der Waals surface area contributed by atoms with Crippen molar-refractivity contribution in [2.45, 2.75) is 13.8 Å². The molecule has 88 valence electrons. The maximum atomic E-state index is 5.67. The van der Waals surface area contributed by atoms with Crippen molar-refractivity contribution in [2.24, 2.45) is 0 Å². The number of nitrogens with zero attached hydrogens (tertiary/aromatic N) is 1. The SMILES string of the molecule is COc1cc(Oc2cc(C)ccn2)ccc1C. The van der Waals surface area contributed by atoms with Crippen molar-refractivity contribution in [3.05, 3.63) is 47.7 Å². The number of hydrogen-bond acceptors (Lipinski definition) is 3. The maximum Gasteiger partial charge on any atom is 0.219 e. The normalized spacial score (nSPS) is 10.1. The summed E-state index contributed by atoms with van der Waals surface area (Å²) in [5.41, 5.74) is 2.20. The molecule has 1 aromatic carbocycles. The van der Waals surface area contributed by atoms with Gasteiger partial charge in [-0.1, -0.05) is 6.07 Å². The van der Waals surface area contributed by atoms with Crippen LogP contribution in [0.15, 0.2) is 36.5 Å². The number of hydrogen-bond donors (Lipinski definition) is 0. The monoisotopic (exact) mass is 229 g/mol. The van der Waals surface area contributed by atoms with E-state index in [0.717, 1.165) is 22.6 Å². The second kappa shape index (κ2) is 4.87. The van der Waals surface area contributed by atoms with Gasteiger partial charge < -0.3 is 9.47 Å². The first kappa shape index (κ1) is 11.5. The van der Waals surface area contributed by atoms with Crippen LogP contribution in [0.2, 0.25) is 0 Å². The van der Waals surface area contributed by atoms with E-state index < -0.39 is 0 Å². The molecule has 3 nitrogen and oxygen atoms in total. The van der Waals surface area contributed by atoms with E-state index in [4.69, 9.17) is 9.47 Å². The highest BCUT2D eigenvalue weighted by molar-refractivity contribution is 5.41. The number of pyridine rings is 1. The lowest BCUT2D eigenvalue weighted by molar-refractivity contribution is 0.404. The number of ether oxygens (including phenoxy) is 2. The van der Waals surface area contributed by atoms with E-state index in [1.807, 2.05) is 44.2 Å². The van der Waals surface area contributed by atoms with Crippen LogP contribution in [0.3, 0.4) is 0 Å². The molecule has 1 aromatic heterocycles. The molecule has 0 aliphatic rings. The fraction of sp³-hybridized carbons (Fsp3) is 0.214. The van der Waals surface area contributed by atoms with Crippen molar-refractivity contribution >= 4 is 0 Å². The molecule has 0 bridgehead atoms. The van der Waals surface area contributed by atoms with Crippen LogP contribution < -0.4 is 9.47 Å². The van der Waals surface area contributed by atoms with E-state index in [0.29, 0.717) is 5.88 Å². The summed E-state index contributed by atoms with van der Waals surface area (Å²) >= 11 is 0. The van der Waals surface area contributed by atoms with E-state index in [1.165, 1.54) is 0 Å².